The normalized spacial score (nSPS) is 10.2. The number of carbonyl (C=O) groups excluding carboxylic acids is 2. The van der Waals surface area contributed by atoms with Crippen LogP contribution in [0.25, 0.3) is 0 Å². The van der Waals surface area contributed by atoms with Gasteiger partial charge in [-0.05, 0) is 13.8 Å². The zero-order valence-corrected chi connectivity index (χ0v) is 12.7. The van der Waals surface area contributed by atoms with Crippen LogP contribution in [0.5, 0.6) is 0 Å². The number of esters is 2. The Kier molecular flexibility index (Phi) is 7.44. The van der Waals surface area contributed by atoms with E-state index in [9.17, 15) is 14.4 Å². The Morgan fingerprint density at radius 2 is 1.81 bits per heavy atom. The number of hydrogen-bond acceptors (Lipinski definition) is 8. The molecule has 1 aromatic rings. The van der Waals surface area contributed by atoms with Crippen molar-refractivity contribution >= 4 is 23.7 Å². The summed E-state index contributed by atoms with van der Waals surface area (Å²) in [5.41, 5.74) is -0.274. The van der Waals surface area contributed by atoms with E-state index in [1.165, 1.54) is 0 Å². The predicted molar refractivity (Wildman–Crippen MR) is 75.0 cm³/mol. The summed E-state index contributed by atoms with van der Waals surface area (Å²) >= 11 is 1.03. The largest absolute Gasteiger partial charge is 0.466 e. The molecule has 8 nitrogen and oxygen atoms in total. The molecule has 0 saturated carbocycles. The first-order chi connectivity index (χ1) is 10.1. The maximum absolute atomic E-state index is 11.7. The number of hydrogen-bond donors (Lipinski definition) is 1. The fraction of sp³-hybridized carbons (Fsp3) is 0.583. The minimum atomic E-state index is -0.430. The first-order valence-electron chi connectivity index (χ1n) is 6.46. The highest BCUT2D eigenvalue weighted by Crippen LogP contribution is 2.10. The van der Waals surface area contributed by atoms with Crippen molar-refractivity contribution in [3.63, 3.8) is 0 Å². The van der Waals surface area contributed by atoms with Crippen molar-refractivity contribution in [3.05, 3.63) is 16.0 Å². The molecule has 0 radical (unpaired) electrons. The summed E-state index contributed by atoms with van der Waals surface area (Å²) in [6, 6.07) is 0. The van der Waals surface area contributed by atoms with Crippen molar-refractivity contribution in [2.75, 3.05) is 19.0 Å². The first kappa shape index (κ1) is 17.2. The van der Waals surface area contributed by atoms with Crippen LogP contribution in [0.4, 0.5) is 0 Å². The lowest BCUT2D eigenvalue weighted by molar-refractivity contribution is -0.143. The number of H-pyrrole nitrogens is 1. The lowest BCUT2D eigenvalue weighted by atomic mass is 10.2. The third kappa shape index (κ3) is 6.39. The number of rotatable bonds is 8. The fourth-order valence-electron chi connectivity index (χ4n) is 1.36. The Balaban J connectivity index is 2.54. The maximum atomic E-state index is 11.7. The maximum Gasteiger partial charge on any atom is 0.316 e. The Morgan fingerprint density at radius 3 is 2.43 bits per heavy atom. The van der Waals surface area contributed by atoms with Crippen LogP contribution in [0.2, 0.25) is 0 Å². The molecule has 0 aliphatic heterocycles. The molecule has 0 spiro atoms. The fourth-order valence-corrected chi connectivity index (χ4v) is 1.96. The van der Waals surface area contributed by atoms with Crippen LogP contribution in [-0.2, 0) is 25.5 Å². The van der Waals surface area contributed by atoms with Crippen molar-refractivity contribution in [1.82, 2.24) is 15.2 Å². The van der Waals surface area contributed by atoms with E-state index in [-0.39, 0.29) is 35.4 Å². The summed E-state index contributed by atoms with van der Waals surface area (Å²) in [6.07, 6.45) is 0.227. The molecule has 1 N–H and O–H groups in total. The van der Waals surface area contributed by atoms with Crippen molar-refractivity contribution < 1.29 is 19.1 Å². The molecule has 0 atom stereocenters. The summed E-state index contributed by atoms with van der Waals surface area (Å²) in [7, 11) is 0. The van der Waals surface area contributed by atoms with Gasteiger partial charge in [-0.15, -0.1) is 10.2 Å². The second-order valence-corrected chi connectivity index (χ2v) is 4.77. The van der Waals surface area contributed by atoms with Crippen molar-refractivity contribution in [2.24, 2.45) is 0 Å². The number of nitrogens with zero attached hydrogens (tertiary/aromatic N) is 2. The molecule has 21 heavy (non-hydrogen) atoms. The topological polar surface area (TPSA) is 111 Å². The highest BCUT2D eigenvalue weighted by molar-refractivity contribution is 7.99. The molecule has 0 saturated heterocycles. The van der Waals surface area contributed by atoms with Gasteiger partial charge in [-0.2, -0.15) is 0 Å². The third-order valence-corrected chi connectivity index (χ3v) is 3.08. The highest BCUT2D eigenvalue weighted by Gasteiger charge is 2.10. The SMILES string of the molecule is CCOC(=O)CCc1nnc(SCC(=O)OCC)[nH]c1=O. The molecule has 0 aliphatic carbocycles. The number of carbonyl (C=O) groups is 2. The van der Waals surface area contributed by atoms with Gasteiger partial charge in [0.1, 0.15) is 5.69 Å². The lowest BCUT2D eigenvalue weighted by Crippen LogP contribution is -2.19. The molecule has 1 rings (SSSR count). The molecular formula is C12H17N3O5S. The summed E-state index contributed by atoms with van der Waals surface area (Å²) in [5.74, 6) is -0.739. The molecule has 0 bridgehead atoms. The van der Waals surface area contributed by atoms with Crippen LogP contribution in [0.15, 0.2) is 9.95 Å². The van der Waals surface area contributed by atoms with Crippen LogP contribution in [0.3, 0.4) is 0 Å². The first-order valence-corrected chi connectivity index (χ1v) is 7.45. The van der Waals surface area contributed by atoms with Gasteiger partial charge in [0.2, 0.25) is 0 Å². The Hall–Kier alpha value is -1.90. The van der Waals surface area contributed by atoms with Crippen LogP contribution in [0, 0.1) is 0 Å². The summed E-state index contributed by atoms with van der Waals surface area (Å²) in [6.45, 7) is 4.02. The number of aromatic nitrogens is 3. The number of thioether (sulfide) groups is 1. The summed E-state index contributed by atoms with van der Waals surface area (Å²) in [5, 5.41) is 7.78. The van der Waals surface area contributed by atoms with Gasteiger partial charge in [-0.3, -0.25) is 19.4 Å². The molecule has 1 heterocycles. The van der Waals surface area contributed by atoms with Gasteiger partial charge in [0.05, 0.1) is 25.4 Å². The lowest BCUT2D eigenvalue weighted by Gasteiger charge is -2.03. The Labute approximate surface area is 125 Å². The minimum absolute atomic E-state index is 0.0423. The van der Waals surface area contributed by atoms with Crippen molar-refractivity contribution in [3.8, 4) is 0 Å². The van der Waals surface area contributed by atoms with Crippen molar-refractivity contribution in [1.29, 1.82) is 0 Å². The standard InChI is InChI=1S/C12H17N3O5S/c1-3-19-9(16)6-5-8-11(18)13-12(15-14-8)21-7-10(17)20-4-2/h3-7H2,1-2H3,(H,13,15,18). The van der Waals surface area contributed by atoms with Gasteiger partial charge in [0.25, 0.3) is 5.56 Å². The third-order valence-electron chi connectivity index (χ3n) is 2.25. The van der Waals surface area contributed by atoms with Crippen LogP contribution in [0.1, 0.15) is 26.0 Å². The summed E-state index contributed by atoms with van der Waals surface area (Å²) in [4.78, 5) is 36.6. The van der Waals surface area contributed by atoms with E-state index in [1.807, 2.05) is 0 Å². The summed E-state index contributed by atoms with van der Waals surface area (Å²) < 4.78 is 9.51. The monoisotopic (exact) mass is 315 g/mol. The molecular weight excluding hydrogens is 298 g/mol. The van der Waals surface area contributed by atoms with E-state index in [0.29, 0.717) is 13.2 Å². The zero-order chi connectivity index (χ0) is 15.7. The number of nitrogens with one attached hydrogen (secondary N) is 1. The molecule has 0 aliphatic rings. The van der Waals surface area contributed by atoms with Gasteiger partial charge < -0.3 is 9.47 Å². The van der Waals surface area contributed by atoms with E-state index < -0.39 is 11.5 Å². The Bertz CT molecular complexity index is 546. The average molecular weight is 315 g/mol. The zero-order valence-electron chi connectivity index (χ0n) is 11.9. The minimum Gasteiger partial charge on any atom is -0.466 e. The molecule has 0 amide bonds. The average Bonchev–Trinajstić information content (AvgIpc) is 2.45. The van der Waals surface area contributed by atoms with Gasteiger partial charge in [-0.25, -0.2) is 0 Å². The van der Waals surface area contributed by atoms with Gasteiger partial charge >= 0.3 is 11.9 Å². The number of ether oxygens (including phenoxy) is 2. The van der Waals surface area contributed by atoms with Crippen LogP contribution in [-0.4, -0.2) is 46.1 Å². The van der Waals surface area contributed by atoms with Crippen LogP contribution < -0.4 is 5.56 Å². The Morgan fingerprint density at radius 1 is 1.14 bits per heavy atom. The van der Waals surface area contributed by atoms with E-state index >= 15 is 0 Å². The molecule has 0 unspecified atom stereocenters. The second-order valence-electron chi connectivity index (χ2n) is 3.80. The quantitative estimate of drug-likeness (QED) is 0.539. The smallest absolute Gasteiger partial charge is 0.316 e. The van der Waals surface area contributed by atoms with E-state index in [2.05, 4.69) is 15.2 Å². The molecule has 116 valence electrons. The van der Waals surface area contributed by atoms with Gasteiger partial charge in [0.15, 0.2) is 5.16 Å². The molecule has 9 heteroatoms. The van der Waals surface area contributed by atoms with Gasteiger partial charge in [-0.1, -0.05) is 11.8 Å². The second kappa shape index (κ2) is 9.11. The van der Waals surface area contributed by atoms with Gasteiger partial charge in [0, 0.05) is 6.42 Å². The number of aryl methyl sites for hydroxylation is 1. The number of aromatic amines is 1. The molecule has 1 aromatic heterocycles. The van der Waals surface area contributed by atoms with E-state index in [0.717, 1.165) is 11.8 Å². The van der Waals surface area contributed by atoms with E-state index in [4.69, 9.17) is 9.47 Å². The van der Waals surface area contributed by atoms with E-state index in [1.54, 1.807) is 13.8 Å². The van der Waals surface area contributed by atoms with Crippen LogP contribution >= 0.6 is 11.8 Å². The predicted octanol–water partition coefficient (Wildman–Crippen LogP) is 0.316. The molecule has 0 fully saturated rings. The highest BCUT2D eigenvalue weighted by atomic mass is 32.2. The molecule has 0 aromatic carbocycles. The van der Waals surface area contributed by atoms with Crippen molar-refractivity contribution in [2.45, 2.75) is 31.8 Å².